The van der Waals surface area contributed by atoms with E-state index in [1.807, 2.05) is 0 Å². The van der Waals surface area contributed by atoms with E-state index in [0.717, 1.165) is 12.1 Å². The number of hydrogen-bond donors (Lipinski definition) is 1. The van der Waals surface area contributed by atoms with E-state index in [4.69, 9.17) is 28.3 Å². The van der Waals surface area contributed by atoms with E-state index in [9.17, 15) is 27.2 Å². The zero-order chi connectivity index (χ0) is 26.2. The fourth-order valence-electron chi connectivity index (χ4n) is 4.64. The van der Waals surface area contributed by atoms with Crippen LogP contribution in [-0.4, -0.2) is 39.5 Å². The second-order valence-electron chi connectivity index (χ2n) is 8.87. The van der Waals surface area contributed by atoms with Gasteiger partial charge in [0.25, 0.3) is 5.91 Å². The number of carbonyl (C=O) groups excluding carboxylic acids is 1. The molecular weight excluding hydrogens is 523 g/mol. The molecule has 0 saturated carbocycles. The minimum absolute atomic E-state index is 0.00358. The van der Waals surface area contributed by atoms with Crippen LogP contribution in [0.4, 0.5) is 17.6 Å². The molecule has 1 aliphatic rings. The van der Waals surface area contributed by atoms with Crippen molar-refractivity contribution >= 4 is 46.0 Å². The monoisotopic (exact) mass is 544 g/mol. The van der Waals surface area contributed by atoms with Gasteiger partial charge in [0, 0.05) is 37.6 Å². The third-order valence-corrected chi connectivity index (χ3v) is 7.27. The molecule has 1 aromatic heterocycles. The first-order valence-electron chi connectivity index (χ1n) is 11.2. The summed E-state index contributed by atoms with van der Waals surface area (Å²) in [6.07, 6.45) is -1.86. The van der Waals surface area contributed by atoms with Crippen molar-refractivity contribution in [2.24, 2.45) is 5.92 Å². The Morgan fingerprint density at radius 2 is 1.78 bits per heavy atom. The molecule has 2 aromatic carbocycles. The Labute approximate surface area is 214 Å². The maximum Gasteiger partial charge on any atom is 0.416 e. The van der Waals surface area contributed by atoms with Gasteiger partial charge in [0.15, 0.2) is 0 Å². The number of aromatic nitrogens is 1. The predicted molar refractivity (Wildman–Crippen MR) is 128 cm³/mol. The van der Waals surface area contributed by atoms with Crippen molar-refractivity contribution < 1.29 is 32.3 Å². The number of hydrogen-bond acceptors (Lipinski definition) is 2. The van der Waals surface area contributed by atoms with E-state index in [1.165, 1.54) is 24.4 Å². The van der Waals surface area contributed by atoms with Crippen molar-refractivity contribution in [2.75, 3.05) is 13.1 Å². The van der Waals surface area contributed by atoms with Gasteiger partial charge in [0.2, 0.25) is 0 Å². The molecule has 0 bridgehead atoms. The summed E-state index contributed by atoms with van der Waals surface area (Å²) in [5, 5.41) is 9.20. The predicted octanol–water partition coefficient (Wildman–Crippen LogP) is 6.81. The fourth-order valence-corrected chi connectivity index (χ4v) is 5.30. The van der Waals surface area contributed by atoms with Crippen LogP contribution in [-0.2, 0) is 24.2 Å². The van der Waals surface area contributed by atoms with Crippen molar-refractivity contribution in [3.8, 4) is 0 Å². The van der Waals surface area contributed by atoms with Crippen LogP contribution >= 0.6 is 23.2 Å². The van der Waals surface area contributed by atoms with Crippen molar-refractivity contribution in [2.45, 2.75) is 38.7 Å². The van der Waals surface area contributed by atoms with Crippen molar-refractivity contribution in [1.82, 2.24) is 9.47 Å². The highest BCUT2D eigenvalue weighted by Crippen LogP contribution is 2.37. The Balaban J connectivity index is 1.63. The summed E-state index contributed by atoms with van der Waals surface area (Å²) in [5.74, 6) is -1.22. The lowest BCUT2D eigenvalue weighted by Crippen LogP contribution is -2.39. The quantitative estimate of drug-likeness (QED) is 0.346. The highest BCUT2D eigenvalue weighted by molar-refractivity contribution is 6.35. The summed E-state index contributed by atoms with van der Waals surface area (Å²) in [6, 6.07) is 6.24. The average Bonchev–Trinajstić information content (AvgIpc) is 3.23. The van der Waals surface area contributed by atoms with Crippen LogP contribution in [0.25, 0.3) is 10.9 Å². The van der Waals surface area contributed by atoms with E-state index in [-0.39, 0.29) is 51.3 Å². The van der Waals surface area contributed by atoms with Crippen LogP contribution in [0, 0.1) is 5.92 Å². The first-order valence-corrected chi connectivity index (χ1v) is 12.0. The Bertz CT molecular complexity index is 1310. The average molecular weight is 545 g/mol. The van der Waals surface area contributed by atoms with Crippen LogP contribution in [0.5, 0.6) is 0 Å². The smallest absolute Gasteiger partial charge is 0.416 e. The topological polar surface area (TPSA) is 62.5 Å². The second kappa shape index (κ2) is 10.3. The molecular formula is C25H22Cl2F4N2O3. The third kappa shape index (κ3) is 5.32. The normalized spacial score (nSPS) is 15.0. The van der Waals surface area contributed by atoms with Gasteiger partial charge in [-0.05, 0) is 54.2 Å². The molecule has 1 N–H and O–H groups in total. The highest BCUT2D eigenvalue weighted by Gasteiger charge is 2.32. The summed E-state index contributed by atoms with van der Waals surface area (Å²) in [5.41, 5.74) is 0.228. The van der Waals surface area contributed by atoms with Gasteiger partial charge in [-0.25, -0.2) is 4.39 Å². The number of piperidine rings is 1. The minimum Gasteiger partial charge on any atom is -0.481 e. The van der Waals surface area contributed by atoms with Gasteiger partial charge in [-0.1, -0.05) is 29.3 Å². The van der Waals surface area contributed by atoms with Gasteiger partial charge < -0.3 is 14.6 Å². The van der Waals surface area contributed by atoms with Crippen LogP contribution in [0.1, 0.15) is 46.3 Å². The molecule has 2 heterocycles. The molecule has 0 aliphatic carbocycles. The zero-order valence-corrected chi connectivity index (χ0v) is 20.4. The van der Waals surface area contributed by atoms with Gasteiger partial charge in [-0.2, -0.15) is 13.2 Å². The molecule has 36 heavy (non-hydrogen) atoms. The van der Waals surface area contributed by atoms with Gasteiger partial charge in [-0.15, -0.1) is 0 Å². The Morgan fingerprint density at radius 3 is 2.39 bits per heavy atom. The lowest BCUT2D eigenvalue weighted by atomic mass is 9.93. The van der Waals surface area contributed by atoms with Gasteiger partial charge in [-0.3, -0.25) is 9.59 Å². The number of likely N-dealkylation sites (tertiary alicyclic amines) is 1. The standard InChI is InChI=1S/C25H22Cl2F4N2O3/c26-20-11-17(25(29,30)31)10-15-5-8-33(23(15)20)13-19-16(12-28)1-2-18(22(19)27)24(36)32-6-3-14(4-7-32)9-21(34)35/h1-2,5,8,10-11,14H,3-4,6-7,9,12-13H2,(H,34,35). The molecule has 1 aliphatic heterocycles. The first-order chi connectivity index (χ1) is 17.0. The second-order valence-corrected chi connectivity index (χ2v) is 9.65. The molecule has 0 spiro atoms. The lowest BCUT2D eigenvalue weighted by molar-refractivity contribution is -0.139. The Hall–Kier alpha value is -2.78. The van der Waals surface area contributed by atoms with Crippen molar-refractivity contribution in [3.63, 3.8) is 0 Å². The maximum atomic E-state index is 13.8. The number of benzene rings is 2. The molecule has 192 valence electrons. The number of carboxylic acids is 1. The van der Waals surface area contributed by atoms with E-state index in [2.05, 4.69) is 0 Å². The lowest BCUT2D eigenvalue weighted by Gasteiger charge is -2.32. The fraction of sp³-hybridized carbons (Fsp3) is 0.360. The Morgan fingerprint density at radius 1 is 1.08 bits per heavy atom. The van der Waals surface area contributed by atoms with Gasteiger partial charge >= 0.3 is 12.1 Å². The van der Waals surface area contributed by atoms with E-state index < -0.39 is 24.4 Å². The summed E-state index contributed by atoms with van der Waals surface area (Å²) < 4.78 is 54.9. The van der Waals surface area contributed by atoms with Crippen molar-refractivity contribution in [3.05, 3.63) is 68.8 Å². The van der Waals surface area contributed by atoms with E-state index in [0.29, 0.717) is 37.0 Å². The molecule has 1 amide bonds. The summed E-state index contributed by atoms with van der Waals surface area (Å²) in [7, 11) is 0. The maximum absolute atomic E-state index is 13.8. The molecule has 3 aromatic rings. The first kappa shape index (κ1) is 26.3. The zero-order valence-electron chi connectivity index (χ0n) is 18.9. The number of rotatable bonds is 6. The summed E-state index contributed by atoms with van der Waals surface area (Å²) >= 11 is 12.8. The number of halogens is 6. The SMILES string of the molecule is O=C(O)CC1CCN(C(=O)c2ccc(CF)c(Cn3ccc4cc(C(F)(F)F)cc(Cl)c43)c2Cl)CC1. The van der Waals surface area contributed by atoms with Gasteiger partial charge in [0.05, 0.1) is 26.7 Å². The molecule has 11 heteroatoms. The number of carbonyl (C=O) groups is 2. The number of fused-ring (bicyclic) bond motifs is 1. The van der Waals surface area contributed by atoms with Gasteiger partial charge in [0.1, 0.15) is 6.67 Å². The van der Waals surface area contributed by atoms with E-state index >= 15 is 0 Å². The summed E-state index contributed by atoms with van der Waals surface area (Å²) in [6.45, 7) is -0.0941. The molecule has 0 radical (unpaired) electrons. The molecule has 4 rings (SSSR count). The van der Waals surface area contributed by atoms with Crippen molar-refractivity contribution in [1.29, 1.82) is 0 Å². The molecule has 5 nitrogen and oxygen atoms in total. The number of carboxylic acid groups (broad SMARTS) is 1. The largest absolute Gasteiger partial charge is 0.481 e. The molecule has 0 atom stereocenters. The van der Waals surface area contributed by atoms with Crippen LogP contribution in [0.2, 0.25) is 10.0 Å². The number of amides is 1. The third-order valence-electron chi connectivity index (χ3n) is 6.55. The molecule has 1 fully saturated rings. The minimum atomic E-state index is -4.55. The number of nitrogens with zero attached hydrogens (tertiary/aromatic N) is 2. The molecule has 1 saturated heterocycles. The van der Waals surface area contributed by atoms with Crippen LogP contribution < -0.4 is 0 Å². The number of alkyl halides is 4. The summed E-state index contributed by atoms with van der Waals surface area (Å²) in [4.78, 5) is 25.7. The van der Waals surface area contributed by atoms with Crippen LogP contribution in [0.3, 0.4) is 0 Å². The number of aliphatic carboxylic acids is 1. The van der Waals surface area contributed by atoms with E-state index in [1.54, 1.807) is 9.47 Å². The van der Waals surface area contributed by atoms with Crippen LogP contribution in [0.15, 0.2) is 36.5 Å². The highest BCUT2D eigenvalue weighted by atomic mass is 35.5. The Kier molecular flexibility index (Phi) is 7.52. The molecule has 0 unspecified atom stereocenters.